The van der Waals surface area contributed by atoms with Crippen LogP contribution in [-0.4, -0.2) is 82.3 Å². The normalized spacial score (nSPS) is 27.5. The number of aromatic nitrogens is 3. The fourth-order valence-corrected chi connectivity index (χ4v) is 6.23. The van der Waals surface area contributed by atoms with E-state index in [-0.39, 0.29) is 47.2 Å². The number of amides is 2. The number of nitrogens with one attached hydrogen (secondary N) is 2. The van der Waals surface area contributed by atoms with Gasteiger partial charge < -0.3 is 35.7 Å². The number of nitrogens with zero attached hydrogens (tertiary/aromatic N) is 3. The zero-order valence-corrected chi connectivity index (χ0v) is 30.7. The predicted molar refractivity (Wildman–Crippen MR) is 192 cm³/mol. The van der Waals surface area contributed by atoms with E-state index in [9.17, 15) is 28.7 Å². The highest BCUT2D eigenvalue weighted by atomic mass is 19.1. The first-order valence-electron chi connectivity index (χ1n) is 17.2. The molecular formula is C38H47FN6O8. The molecule has 0 radical (unpaired) electrons. The average Bonchev–Trinajstić information content (AvgIpc) is 3.56. The molecule has 1 aromatic carbocycles. The number of carbonyl (C=O) groups is 4. The lowest BCUT2D eigenvalue weighted by atomic mass is 9.85. The highest BCUT2D eigenvalue weighted by Crippen LogP contribution is 2.29. The van der Waals surface area contributed by atoms with Gasteiger partial charge in [-0.2, -0.15) is 0 Å². The van der Waals surface area contributed by atoms with Crippen molar-refractivity contribution in [1.82, 2.24) is 25.6 Å². The van der Waals surface area contributed by atoms with E-state index in [4.69, 9.17) is 19.9 Å². The van der Waals surface area contributed by atoms with E-state index in [1.807, 2.05) is 6.92 Å². The van der Waals surface area contributed by atoms with Crippen molar-refractivity contribution in [2.24, 2.45) is 17.6 Å². The van der Waals surface area contributed by atoms with Crippen LogP contribution in [0.5, 0.6) is 0 Å². The van der Waals surface area contributed by atoms with Crippen LogP contribution >= 0.6 is 0 Å². The number of primary amides is 1. The quantitative estimate of drug-likeness (QED) is 0.229. The van der Waals surface area contributed by atoms with Crippen LogP contribution < -0.4 is 16.4 Å². The van der Waals surface area contributed by atoms with Gasteiger partial charge >= 0.3 is 6.09 Å². The van der Waals surface area contributed by atoms with Crippen LogP contribution in [0, 0.1) is 17.7 Å². The number of nitrogens with two attached hydrogens (primary N) is 1. The molecule has 2 aromatic rings. The molecule has 6 atom stereocenters. The Kier molecular flexibility index (Phi) is 14.1. The fourth-order valence-electron chi connectivity index (χ4n) is 6.23. The molecule has 2 aliphatic rings. The van der Waals surface area contributed by atoms with Gasteiger partial charge in [-0.3, -0.25) is 14.4 Å². The molecule has 1 aliphatic heterocycles. The second kappa shape index (κ2) is 18.5. The van der Waals surface area contributed by atoms with Gasteiger partial charge in [0.2, 0.25) is 11.6 Å². The number of benzene rings is 1. The van der Waals surface area contributed by atoms with Crippen molar-refractivity contribution < 1.29 is 42.9 Å². The van der Waals surface area contributed by atoms with Crippen molar-refractivity contribution in [2.45, 2.75) is 78.0 Å². The Morgan fingerprint density at radius 3 is 2.51 bits per heavy atom. The molecule has 0 saturated carbocycles. The summed E-state index contributed by atoms with van der Waals surface area (Å²) in [6.07, 6.45) is 5.02. The van der Waals surface area contributed by atoms with Crippen molar-refractivity contribution >= 4 is 23.6 Å². The van der Waals surface area contributed by atoms with Crippen LogP contribution in [0.25, 0.3) is 0 Å². The van der Waals surface area contributed by atoms with Crippen LogP contribution in [-0.2, 0) is 41.7 Å². The summed E-state index contributed by atoms with van der Waals surface area (Å²) in [5.41, 5.74) is 7.48. The van der Waals surface area contributed by atoms with E-state index in [0.29, 0.717) is 24.2 Å². The van der Waals surface area contributed by atoms with Crippen molar-refractivity contribution in [3.05, 3.63) is 106 Å². The minimum atomic E-state index is -1.02. The Labute approximate surface area is 307 Å². The third-order valence-corrected chi connectivity index (χ3v) is 9.08. The number of aliphatic hydroxyl groups excluding tert-OH is 1. The number of rotatable bonds is 8. The van der Waals surface area contributed by atoms with Gasteiger partial charge in [-0.15, -0.1) is 5.10 Å². The Morgan fingerprint density at radius 1 is 1.13 bits per heavy atom. The number of Topliss-reactive ketones (excluding diaryl/α,β-unsaturated/α-hetero) is 1. The molecule has 15 heteroatoms. The summed E-state index contributed by atoms with van der Waals surface area (Å²) in [7, 11) is 2.89. The van der Waals surface area contributed by atoms with E-state index in [1.54, 1.807) is 49.0 Å². The Morgan fingerprint density at radius 2 is 1.85 bits per heavy atom. The zero-order valence-electron chi connectivity index (χ0n) is 30.7. The number of hydrogen-bond acceptors (Lipinski definition) is 11. The standard InChI is InChI=1S/C38H47FN6O8/c1-21-14-28-33(41-18-27-20-45(44-43-27)19-25-10-12-26(39)13-11-25)30(46)17-29(35(28)48)42-37(49)22(2)8-7-9-31(51-5)36(53-38(40)50)24(4)16-23(3)34(47)32(15-21)52-6/h7-13,16-17,20-21,23,31-32,34,36,41,47H,14-15,18-19H2,1-6H3,(H2,40,50)(H,42,49)/b9-7-,22-8+,24-16+/t21-,23+,31+,32+,34-,36+/m1/s1. The highest BCUT2D eigenvalue weighted by Gasteiger charge is 2.33. The summed E-state index contributed by atoms with van der Waals surface area (Å²) < 4.78 is 31.6. The first-order chi connectivity index (χ1) is 25.2. The molecule has 2 bridgehead atoms. The number of carbonyl (C=O) groups excluding carboxylic acids is 4. The maximum atomic E-state index is 14.0. The van der Waals surface area contributed by atoms with Crippen molar-refractivity contribution in [3.63, 3.8) is 0 Å². The summed E-state index contributed by atoms with van der Waals surface area (Å²) in [6.45, 7) is 7.32. The molecule has 0 unspecified atom stereocenters. The Hall–Kier alpha value is -5.25. The number of halogens is 1. The second-order valence-electron chi connectivity index (χ2n) is 13.3. The first kappa shape index (κ1) is 40.5. The average molecular weight is 735 g/mol. The molecule has 14 nitrogen and oxygen atoms in total. The van der Waals surface area contributed by atoms with Crippen LogP contribution in [0.1, 0.15) is 51.8 Å². The maximum absolute atomic E-state index is 14.0. The summed E-state index contributed by atoms with van der Waals surface area (Å²) in [6, 6.07) is 6.00. The minimum absolute atomic E-state index is 0.0570. The monoisotopic (exact) mass is 734 g/mol. The van der Waals surface area contributed by atoms with Crippen LogP contribution in [0.2, 0.25) is 0 Å². The molecule has 0 fully saturated rings. The highest BCUT2D eigenvalue weighted by molar-refractivity contribution is 6.23. The largest absolute Gasteiger partial charge is 0.439 e. The van der Waals surface area contributed by atoms with Crippen LogP contribution in [0.15, 0.2) is 89.0 Å². The Balaban J connectivity index is 1.66. The molecule has 53 heavy (non-hydrogen) atoms. The van der Waals surface area contributed by atoms with E-state index in [1.165, 1.54) is 45.4 Å². The minimum Gasteiger partial charge on any atom is -0.439 e. The third-order valence-electron chi connectivity index (χ3n) is 9.08. The lowest BCUT2D eigenvalue weighted by molar-refractivity contribution is -0.120. The lowest BCUT2D eigenvalue weighted by Crippen LogP contribution is -2.37. The van der Waals surface area contributed by atoms with Gasteiger partial charge in [-0.05, 0) is 55.9 Å². The predicted octanol–water partition coefficient (Wildman–Crippen LogP) is 3.33. The van der Waals surface area contributed by atoms with Gasteiger partial charge in [0.05, 0.1) is 42.9 Å². The number of fused-ring (bicyclic) bond motifs is 2. The first-order valence-corrected chi connectivity index (χ1v) is 17.2. The summed E-state index contributed by atoms with van der Waals surface area (Å²) >= 11 is 0. The number of allylic oxidation sites excluding steroid dienone is 4. The number of ether oxygens (including phenoxy) is 3. The van der Waals surface area contributed by atoms with Crippen LogP contribution in [0.3, 0.4) is 0 Å². The number of aliphatic hydroxyl groups is 1. The molecule has 4 rings (SSSR count). The maximum Gasteiger partial charge on any atom is 0.405 e. The molecule has 284 valence electrons. The van der Waals surface area contributed by atoms with Crippen molar-refractivity contribution in [3.8, 4) is 0 Å². The fraction of sp³-hybridized carbons (Fsp3) is 0.421. The van der Waals surface area contributed by atoms with E-state index >= 15 is 0 Å². The van der Waals surface area contributed by atoms with Crippen molar-refractivity contribution in [2.75, 3.05) is 14.2 Å². The van der Waals surface area contributed by atoms with Gasteiger partial charge in [0.15, 0.2) is 6.10 Å². The molecule has 0 saturated heterocycles. The second-order valence-corrected chi connectivity index (χ2v) is 13.3. The molecule has 2 heterocycles. The van der Waals surface area contributed by atoms with E-state index in [0.717, 1.165) is 11.6 Å². The summed E-state index contributed by atoms with van der Waals surface area (Å²) in [5, 5.41) is 25.3. The van der Waals surface area contributed by atoms with Crippen molar-refractivity contribution in [1.29, 1.82) is 0 Å². The smallest absolute Gasteiger partial charge is 0.405 e. The van der Waals surface area contributed by atoms with Gasteiger partial charge in [0.1, 0.15) is 17.6 Å². The number of hydrogen-bond donors (Lipinski definition) is 4. The SMILES string of the molecule is CO[C@H]1/C=C\C=C(/C)C(=O)NC2=CC(=O)C(NCc3cn(Cc4ccc(F)cc4)nn3)=C(C[C@@H](C)C[C@H](OC)[C@H](O)[C@@H](C)/C=C(\C)[C@@H]1OC(N)=O)C2=O. The van der Waals surface area contributed by atoms with Gasteiger partial charge in [0, 0.05) is 37.4 Å². The molecule has 1 aromatic heterocycles. The summed E-state index contributed by atoms with van der Waals surface area (Å²) in [4.78, 5) is 52.7. The Bertz CT molecular complexity index is 1830. The molecule has 2 amide bonds. The topological polar surface area (TPSA) is 197 Å². The van der Waals surface area contributed by atoms with E-state index in [2.05, 4.69) is 20.9 Å². The molecular weight excluding hydrogens is 687 g/mol. The van der Waals surface area contributed by atoms with Gasteiger partial charge in [-0.1, -0.05) is 55.5 Å². The third kappa shape index (κ3) is 10.9. The lowest BCUT2D eigenvalue weighted by Gasteiger charge is -2.30. The number of ketones is 2. The van der Waals surface area contributed by atoms with E-state index < -0.39 is 53.9 Å². The summed E-state index contributed by atoms with van der Waals surface area (Å²) in [5.74, 6) is -2.80. The molecule has 5 N–H and O–H groups in total. The molecule has 0 spiro atoms. The van der Waals surface area contributed by atoms with Crippen LogP contribution in [0.4, 0.5) is 9.18 Å². The molecule has 1 aliphatic carbocycles. The number of methoxy groups -OCH3 is 2. The zero-order chi connectivity index (χ0) is 38.8. The van der Waals surface area contributed by atoms with Gasteiger partial charge in [-0.25, -0.2) is 13.9 Å². The van der Waals surface area contributed by atoms with Gasteiger partial charge in [0.25, 0.3) is 5.91 Å².